The highest BCUT2D eigenvalue weighted by Crippen LogP contribution is 2.53. The van der Waals surface area contributed by atoms with E-state index < -0.39 is 28.4 Å². The summed E-state index contributed by atoms with van der Waals surface area (Å²) in [5, 5.41) is 15.4. The molecular formula is C30H37N4O6S+. The lowest BCUT2D eigenvalue weighted by Gasteiger charge is -2.59. The standard InChI is InChI=1S/C30H37N4O6S/c1-38-23-11-9-22(10-12-23)29(35)40-26-8-5-19-34(37)27(33(36)28-20-30(26,34)21-41-28)13-14-31-15-17-32(18-16-31)24-6-3-4-7-25(24)39-2/h3-4,6-7,9-12,20,26-27H,5,8,13-19,21H2,1-2H3/q+1. The maximum Gasteiger partial charge on any atom is 0.338 e. The second kappa shape index (κ2) is 11.3. The highest BCUT2D eigenvalue weighted by atomic mass is 32.2. The molecule has 10 nitrogen and oxygen atoms in total. The number of esters is 1. The predicted molar refractivity (Wildman–Crippen MR) is 157 cm³/mol. The Morgan fingerprint density at radius 1 is 1.10 bits per heavy atom. The highest BCUT2D eigenvalue weighted by Gasteiger charge is 2.69. The largest absolute Gasteiger partial charge is 0.627 e. The third-order valence-corrected chi connectivity index (χ3v) is 10.3. The van der Waals surface area contributed by atoms with Gasteiger partial charge in [-0.05, 0) is 54.6 Å². The number of hydrogen-bond acceptors (Lipinski definition) is 9. The van der Waals surface area contributed by atoms with Crippen molar-refractivity contribution in [2.75, 3.05) is 64.1 Å². The zero-order chi connectivity index (χ0) is 28.6. The average Bonchev–Trinajstić information content (AvgIpc) is 3.43. The van der Waals surface area contributed by atoms with Crippen LogP contribution in [0.25, 0.3) is 0 Å². The molecule has 2 bridgehead atoms. The molecule has 4 heterocycles. The summed E-state index contributed by atoms with van der Waals surface area (Å²) in [4.78, 5) is 31.3. The molecule has 0 radical (unpaired) electrons. The highest BCUT2D eigenvalue weighted by molar-refractivity contribution is 8.03. The van der Waals surface area contributed by atoms with Crippen LogP contribution in [0.1, 0.15) is 29.6 Å². The predicted octanol–water partition coefficient (Wildman–Crippen LogP) is 4.00. The van der Waals surface area contributed by atoms with E-state index in [9.17, 15) is 14.9 Å². The van der Waals surface area contributed by atoms with Crippen LogP contribution in [0.2, 0.25) is 0 Å². The Bertz CT molecular complexity index is 1330. The van der Waals surface area contributed by atoms with Gasteiger partial charge in [0.1, 0.15) is 11.5 Å². The fraction of sp³-hybridized carbons (Fsp3) is 0.500. The first-order chi connectivity index (χ1) is 19.9. The Labute approximate surface area is 244 Å². The molecule has 4 aliphatic rings. The second-order valence-electron chi connectivity index (χ2n) is 11.1. The van der Waals surface area contributed by atoms with Gasteiger partial charge in [-0.25, -0.2) is 4.79 Å². The van der Waals surface area contributed by atoms with Crippen molar-refractivity contribution in [2.24, 2.45) is 0 Å². The smallest absolute Gasteiger partial charge is 0.338 e. The second-order valence-corrected chi connectivity index (χ2v) is 12.1. The van der Waals surface area contributed by atoms with E-state index in [2.05, 4.69) is 15.9 Å². The molecule has 218 valence electrons. The monoisotopic (exact) mass is 581 g/mol. The Balaban J connectivity index is 1.14. The zero-order valence-electron chi connectivity index (χ0n) is 23.6. The molecule has 0 N–H and O–H groups in total. The molecular weight excluding hydrogens is 544 g/mol. The maximum absolute atomic E-state index is 14.8. The third kappa shape index (κ3) is 4.88. The molecule has 2 aromatic rings. The molecule has 4 atom stereocenters. The van der Waals surface area contributed by atoms with Gasteiger partial charge in [-0.15, -0.1) is 0 Å². The van der Waals surface area contributed by atoms with Crippen LogP contribution in [0.5, 0.6) is 11.5 Å². The lowest BCUT2D eigenvalue weighted by atomic mass is 9.82. The van der Waals surface area contributed by atoms with Crippen molar-refractivity contribution in [1.29, 1.82) is 0 Å². The Kier molecular flexibility index (Phi) is 7.71. The van der Waals surface area contributed by atoms with Crippen LogP contribution in [0.15, 0.2) is 59.6 Å². The minimum absolute atomic E-state index is 0.339. The summed E-state index contributed by atoms with van der Waals surface area (Å²) in [5.41, 5.74) is 0.550. The number of quaternary nitrogens is 1. The first kappa shape index (κ1) is 28.0. The number of methoxy groups -OCH3 is 2. The molecule has 41 heavy (non-hydrogen) atoms. The molecule has 2 fully saturated rings. The van der Waals surface area contributed by atoms with Crippen LogP contribution in [-0.2, 0) is 4.74 Å². The van der Waals surface area contributed by atoms with Crippen LogP contribution in [0.3, 0.4) is 0 Å². The number of carbonyl (C=O) groups is 1. The van der Waals surface area contributed by atoms with Crippen LogP contribution in [-0.4, -0.2) is 97.3 Å². The normalized spacial score (nSPS) is 29.5. The van der Waals surface area contributed by atoms with Crippen molar-refractivity contribution in [3.05, 3.63) is 75.3 Å². The average molecular weight is 582 g/mol. The van der Waals surface area contributed by atoms with Gasteiger partial charge >= 0.3 is 12.1 Å². The van der Waals surface area contributed by atoms with Crippen molar-refractivity contribution < 1.29 is 28.4 Å². The fourth-order valence-electron chi connectivity index (χ4n) is 6.79. The van der Waals surface area contributed by atoms with Gasteiger partial charge in [0.25, 0.3) is 5.03 Å². The molecule has 11 heteroatoms. The van der Waals surface area contributed by atoms with Gasteiger partial charge in [-0.3, -0.25) is 9.55 Å². The lowest BCUT2D eigenvalue weighted by molar-refractivity contribution is -1.03. The number of nitrogens with zero attached hydrogens (tertiary/aromatic N) is 4. The van der Waals surface area contributed by atoms with E-state index in [0.29, 0.717) is 54.4 Å². The molecule has 0 aromatic heterocycles. The number of piperidine rings is 1. The lowest BCUT2D eigenvalue weighted by Crippen LogP contribution is -2.75. The summed E-state index contributed by atoms with van der Waals surface area (Å²) >= 11 is 1.41. The van der Waals surface area contributed by atoms with E-state index in [4.69, 9.17) is 14.2 Å². The fourth-order valence-corrected chi connectivity index (χ4v) is 8.19. The number of rotatable bonds is 8. The van der Waals surface area contributed by atoms with E-state index in [1.54, 1.807) is 38.5 Å². The van der Waals surface area contributed by atoms with E-state index in [0.717, 1.165) is 42.4 Å². The molecule has 6 rings (SSSR count). The Hall–Kier alpha value is -3.12. The zero-order valence-corrected chi connectivity index (χ0v) is 24.4. The quantitative estimate of drug-likeness (QED) is 0.199. The summed E-state index contributed by atoms with van der Waals surface area (Å²) in [6.45, 7) is 4.37. The van der Waals surface area contributed by atoms with E-state index >= 15 is 0 Å². The van der Waals surface area contributed by atoms with E-state index in [1.165, 1.54) is 11.8 Å². The third-order valence-electron chi connectivity index (χ3n) is 9.09. The van der Waals surface area contributed by atoms with Gasteiger partial charge in [0.15, 0.2) is 11.6 Å². The minimum Gasteiger partial charge on any atom is -0.627 e. The summed E-state index contributed by atoms with van der Waals surface area (Å²) in [6, 6.07) is 14.8. The first-order valence-corrected chi connectivity index (χ1v) is 15.2. The van der Waals surface area contributed by atoms with Crippen molar-refractivity contribution >= 4 is 23.4 Å². The van der Waals surface area contributed by atoms with Gasteiger partial charge < -0.3 is 24.3 Å². The number of carbonyl (C=O) groups excluding carboxylic acids is 1. The summed E-state index contributed by atoms with van der Waals surface area (Å²) < 4.78 is 17.1. The van der Waals surface area contributed by atoms with E-state index in [1.807, 2.05) is 24.3 Å². The van der Waals surface area contributed by atoms with Crippen LogP contribution in [0.4, 0.5) is 5.69 Å². The SMILES string of the molecule is COc1ccc(C(=O)OC2CCC[N+]3([O-])C(CCN4CCN(c5ccccc5OC)CC4)[N+](=O)C4=CC23CS4)cc1. The molecule has 4 unspecified atom stereocenters. The molecule has 2 saturated heterocycles. The number of piperazine rings is 1. The van der Waals surface area contributed by atoms with Crippen LogP contribution < -0.4 is 14.4 Å². The maximum atomic E-state index is 14.8. The number of hydroxylamine groups is 3. The van der Waals surface area contributed by atoms with Gasteiger partial charge in [0.05, 0.1) is 55.0 Å². The van der Waals surface area contributed by atoms with Crippen molar-refractivity contribution in [3.8, 4) is 11.5 Å². The molecule has 4 aliphatic heterocycles. The van der Waals surface area contributed by atoms with Crippen molar-refractivity contribution in [2.45, 2.75) is 37.1 Å². The topological polar surface area (TPSA) is 94.4 Å². The van der Waals surface area contributed by atoms with Crippen LogP contribution >= 0.6 is 11.8 Å². The number of nitroso groups, excluding NO2 is 1. The van der Waals surface area contributed by atoms with Gasteiger partial charge in [-0.1, -0.05) is 12.1 Å². The van der Waals surface area contributed by atoms with E-state index in [-0.39, 0.29) is 0 Å². The number of hydrogen-bond donors (Lipinski definition) is 0. The first-order valence-electron chi connectivity index (χ1n) is 14.2. The van der Waals surface area contributed by atoms with Crippen molar-refractivity contribution in [1.82, 2.24) is 4.90 Å². The van der Waals surface area contributed by atoms with Crippen molar-refractivity contribution in [3.63, 3.8) is 0 Å². The number of ether oxygens (including phenoxy) is 3. The van der Waals surface area contributed by atoms with Crippen LogP contribution in [0, 0.1) is 10.1 Å². The van der Waals surface area contributed by atoms with Gasteiger partial charge in [-0.2, -0.15) is 0 Å². The summed E-state index contributed by atoms with van der Waals surface area (Å²) in [5.74, 6) is 1.50. The molecule has 0 aliphatic carbocycles. The number of anilines is 1. The minimum atomic E-state index is -0.950. The number of benzene rings is 2. The Morgan fingerprint density at radius 2 is 1.85 bits per heavy atom. The number of para-hydroxylation sites is 2. The number of thioether (sulfide) groups is 1. The van der Waals surface area contributed by atoms with Gasteiger partial charge in [0.2, 0.25) is 0 Å². The molecule has 1 spiro atoms. The van der Waals surface area contributed by atoms with Gasteiger partial charge in [0, 0.05) is 44.1 Å². The summed E-state index contributed by atoms with van der Waals surface area (Å²) in [6.07, 6.45) is 2.12. The molecule has 0 saturated carbocycles. The molecule has 0 amide bonds. The Morgan fingerprint density at radius 3 is 2.59 bits per heavy atom. The molecule has 2 aromatic carbocycles. The summed E-state index contributed by atoms with van der Waals surface area (Å²) in [7, 11) is 3.26.